The normalized spacial score (nSPS) is 20.4. The number of hydrogen-bond acceptors (Lipinski definition) is 6. The zero-order valence-corrected chi connectivity index (χ0v) is 8.15. The summed E-state index contributed by atoms with van der Waals surface area (Å²) in [7, 11) is 0. The maximum Gasteiger partial charge on any atom is 0.324 e. The minimum atomic E-state index is -0.670. The number of carbonyl (C=O) groups is 2. The first kappa shape index (κ1) is 9.78. The van der Waals surface area contributed by atoms with Gasteiger partial charge in [0.05, 0.1) is 11.3 Å². The van der Waals surface area contributed by atoms with Crippen LogP contribution in [-0.4, -0.2) is 16.9 Å². The lowest BCUT2D eigenvalue weighted by Gasteiger charge is -1.97. The van der Waals surface area contributed by atoms with Crippen molar-refractivity contribution < 1.29 is 19.2 Å². The first-order chi connectivity index (χ1) is 7.08. The van der Waals surface area contributed by atoms with Crippen molar-refractivity contribution in [2.24, 2.45) is 0 Å². The number of esters is 2. The van der Waals surface area contributed by atoms with Gasteiger partial charge in [0, 0.05) is 10.9 Å². The molecule has 1 saturated heterocycles. The Morgan fingerprint density at radius 2 is 2.20 bits per heavy atom. The molecule has 1 aliphatic heterocycles. The van der Waals surface area contributed by atoms with Gasteiger partial charge in [0.1, 0.15) is 5.92 Å². The number of rotatable bonds is 2. The zero-order valence-electron chi connectivity index (χ0n) is 7.34. The van der Waals surface area contributed by atoms with E-state index in [1.54, 1.807) is 0 Å². The third-order valence-corrected chi connectivity index (χ3v) is 3.16. The number of thiophene rings is 1. The SMILES string of the molecule is O=C1CC(c2ccc([N+](=O)[O-])s2)C(=O)O1. The number of ether oxygens (including phenoxy) is 1. The Kier molecular flexibility index (Phi) is 2.24. The molecule has 2 rings (SSSR count). The molecule has 0 bridgehead atoms. The van der Waals surface area contributed by atoms with Crippen LogP contribution in [0.15, 0.2) is 12.1 Å². The molecule has 2 heterocycles. The maximum absolute atomic E-state index is 11.2. The molecular weight excluding hydrogens is 222 g/mol. The molecule has 1 atom stereocenters. The topological polar surface area (TPSA) is 86.5 Å². The van der Waals surface area contributed by atoms with Crippen LogP contribution in [0.25, 0.3) is 0 Å². The molecule has 6 nitrogen and oxygen atoms in total. The summed E-state index contributed by atoms with van der Waals surface area (Å²) in [5.74, 6) is -1.88. The van der Waals surface area contributed by atoms with Gasteiger partial charge >= 0.3 is 16.9 Å². The Balaban J connectivity index is 2.26. The third-order valence-electron chi connectivity index (χ3n) is 2.01. The monoisotopic (exact) mass is 227 g/mol. The summed E-state index contributed by atoms with van der Waals surface area (Å²) in [6.45, 7) is 0. The summed E-state index contributed by atoms with van der Waals surface area (Å²) < 4.78 is 4.36. The summed E-state index contributed by atoms with van der Waals surface area (Å²) >= 11 is 0.892. The van der Waals surface area contributed by atoms with Crippen LogP contribution in [0.3, 0.4) is 0 Å². The van der Waals surface area contributed by atoms with Crippen LogP contribution in [0.4, 0.5) is 5.00 Å². The molecule has 0 amide bonds. The van der Waals surface area contributed by atoms with Gasteiger partial charge in [-0.3, -0.25) is 19.7 Å². The zero-order chi connectivity index (χ0) is 11.0. The van der Waals surface area contributed by atoms with Gasteiger partial charge in [-0.1, -0.05) is 11.3 Å². The average molecular weight is 227 g/mol. The second-order valence-electron chi connectivity index (χ2n) is 2.98. The van der Waals surface area contributed by atoms with E-state index in [0.29, 0.717) is 4.88 Å². The predicted octanol–water partition coefficient (Wildman–Crippen LogP) is 1.21. The number of hydrogen-bond donors (Lipinski definition) is 0. The second-order valence-corrected chi connectivity index (χ2v) is 4.08. The molecular formula is C8H5NO5S. The Labute approximate surface area is 87.6 Å². The molecule has 7 heteroatoms. The molecule has 1 unspecified atom stereocenters. The molecule has 1 fully saturated rings. The molecule has 0 radical (unpaired) electrons. The van der Waals surface area contributed by atoms with E-state index < -0.39 is 22.8 Å². The Morgan fingerprint density at radius 1 is 1.47 bits per heavy atom. The first-order valence-electron chi connectivity index (χ1n) is 4.06. The number of nitrogens with zero attached hydrogens (tertiary/aromatic N) is 1. The summed E-state index contributed by atoms with van der Waals surface area (Å²) in [6.07, 6.45) is -0.0312. The molecule has 1 aliphatic rings. The van der Waals surface area contributed by atoms with Crippen LogP contribution in [0.5, 0.6) is 0 Å². The highest BCUT2D eigenvalue weighted by Gasteiger charge is 2.36. The molecule has 0 aromatic carbocycles. The smallest absolute Gasteiger partial charge is 0.324 e. The largest absolute Gasteiger partial charge is 0.393 e. The fourth-order valence-corrected chi connectivity index (χ4v) is 2.23. The summed E-state index contributed by atoms with van der Waals surface area (Å²) in [4.78, 5) is 32.3. The highest BCUT2D eigenvalue weighted by molar-refractivity contribution is 7.15. The number of nitro groups is 1. The van der Waals surface area contributed by atoms with E-state index >= 15 is 0 Å². The Hall–Kier alpha value is -1.76. The molecule has 1 aromatic rings. The minimum absolute atomic E-state index is 0.0312. The summed E-state index contributed by atoms with van der Waals surface area (Å²) in [6, 6.07) is 2.80. The van der Waals surface area contributed by atoms with Crippen molar-refractivity contribution >= 4 is 28.3 Å². The second kappa shape index (κ2) is 3.43. The van der Waals surface area contributed by atoms with E-state index in [1.165, 1.54) is 12.1 Å². The molecule has 0 aliphatic carbocycles. The van der Waals surface area contributed by atoms with Gasteiger partial charge in [-0.2, -0.15) is 0 Å². The Bertz CT molecular complexity index is 452. The van der Waals surface area contributed by atoms with Crippen LogP contribution in [0.1, 0.15) is 17.2 Å². The summed E-state index contributed by atoms with van der Waals surface area (Å²) in [5, 5.41) is 10.4. The van der Waals surface area contributed by atoms with E-state index in [0.717, 1.165) is 11.3 Å². The highest BCUT2D eigenvalue weighted by atomic mass is 32.1. The van der Waals surface area contributed by atoms with Gasteiger partial charge in [0.25, 0.3) is 0 Å². The third kappa shape index (κ3) is 1.73. The Morgan fingerprint density at radius 3 is 2.67 bits per heavy atom. The summed E-state index contributed by atoms with van der Waals surface area (Å²) in [5.41, 5.74) is 0. The van der Waals surface area contributed by atoms with Crippen LogP contribution in [0, 0.1) is 10.1 Å². The van der Waals surface area contributed by atoms with E-state index in [9.17, 15) is 19.7 Å². The standard InChI is InChI=1S/C8H5NO5S/c10-7-3-4(8(11)14-7)5-1-2-6(15-5)9(12)13/h1-2,4H,3H2. The maximum atomic E-state index is 11.2. The molecule has 0 spiro atoms. The fourth-order valence-electron chi connectivity index (χ4n) is 1.32. The molecule has 0 saturated carbocycles. The molecule has 0 N–H and O–H groups in total. The fraction of sp³-hybridized carbons (Fsp3) is 0.250. The van der Waals surface area contributed by atoms with Gasteiger partial charge in [0.15, 0.2) is 0 Å². The number of carbonyl (C=O) groups excluding carboxylic acids is 2. The van der Waals surface area contributed by atoms with Crippen LogP contribution in [0.2, 0.25) is 0 Å². The minimum Gasteiger partial charge on any atom is -0.393 e. The van der Waals surface area contributed by atoms with Crippen molar-refractivity contribution in [1.82, 2.24) is 0 Å². The molecule has 1 aromatic heterocycles. The lowest BCUT2D eigenvalue weighted by molar-refractivity contribution is -0.380. The quantitative estimate of drug-likeness (QED) is 0.328. The molecule has 78 valence electrons. The van der Waals surface area contributed by atoms with Gasteiger partial charge in [-0.05, 0) is 6.07 Å². The van der Waals surface area contributed by atoms with Crippen LogP contribution in [-0.2, 0) is 14.3 Å². The number of cyclic esters (lactones) is 2. The van der Waals surface area contributed by atoms with E-state index in [2.05, 4.69) is 4.74 Å². The van der Waals surface area contributed by atoms with Crippen molar-refractivity contribution in [1.29, 1.82) is 0 Å². The predicted molar refractivity (Wildman–Crippen MR) is 49.4 cm³/mol. The molecule has 15 heavy (non-hydrogen) atoms. The van der Waals surface area contributed by atoms with Gasteiger partial charge in [-0.25, -0.2) is 0 Å². The first-order valence-corrected chi connectivity index (χ1v) is 4.88. The van der Waals surface area contributed by atoms with Gasteiger partial charge in [0.2, 0.25) is 0 Å². The van der Waals surface area contributed by atoms with Crippen molar-refractivity contribution in [3.05, 3.63) is 27.1 Å². The van der Waals surface area contributed by atoms with E-state index in [-0.39, 0.29) is 11.4 Å². The van der Waals surface area contributed by atoms with Crippen LogP contribution >= 0.6 is 11.3 Å². The van der Waals surface area contributed by atoms with Crippen LogP contribution < -0.4 is 0 Å². The lowest BCUT2D eigenvalue weighted by atomic mass is 10.1. The van der Waals surface area contributed by atoms with E-state index in [1.807, 2.05) is 0 Å². The highest BCUT2D eigenvalue weighted by Crippen LogP contribution is 2.35. The lowest BCUT2D eigenvalue weighted by Crippen LogP contribution is -2.03. The van der Waals surface area contributed by atoms with Gasteiger partial charge in [-0.15, -0.1) is 0 Å². The average Bonchev–Trinajstić information content (AvgIpc) is 2.71. The van der Waals surface area contributed by atoms with Crippen molar-refractivity contribution in [2.75, 3.05) is 0 Å². The van der Waals surface area contributed by atoms with E-state index in [4.69, 9.17) is 0 Å². The van der Waals surface area contributed by atoms with Crippen molar-refractivity contribution in [2.45, 2.75) is 12.3 Å². The van der Waals surface area contributed by atoms with Crippen molar-refractivity contribution in [3.8, 4) is 0 Å². The van der Waals surface area contributed by atoms with Gasteiger partial charge < -0.3 is 4.74 Å². The van der Waals surface area contributed by atoms with Crippen molar-refractivity contribution in [3.63, 3.8) is 0 Å².